The topological polar surface area (TPSA) is 78.8 Å². The average molecular weight is 233 g/mol. The molecule has 0 aromatic rings. The van der Waals surface area contributed by atoms with Crippen LogP contribution in [0.5, 0.6) is 0 Å². The molecule has 3 N–H and O–H groups in total. The van der Waals surface area contributed by atoms with Crippen LogP contribution in [0.15, 0.2) is 0 Å². The van der Waals surface area contributed by atoms with Crippen molar-refractivity contribution in [3.8, 4) is 0 Å². The SMILES string of the molecule is CC(C)(C)OC(=O)O.OCC1CCNCC1. The minimum absolute atomic E-state index is 0.377. The molecule has 1 saturated heterocycles. The molecule has 1 rings (SSSR count). The zero-order valence-electron chi connectivity index (χ0n) is 10.3. The lowest BCUT2D eigenvalue weighted by Gasteiger charge is -2.19. The summed E-state index contributed by atoms with van der Waals surface area (Å²) < 4.78 is 4.35. The maximum absolute atomic E-state index is 9.79. The minimum Gasteiger partial charge on any atom is -0.450 e. The molecule has 0 aliphatic carbocycles. The van der Waals surface area contributed by atoms with Crippen LogP contribution in [0.4, 0.5) is 4.79 Å². The molecule has 0 spiro atoms. The first-order valence-corrected chi connectivity index (χ1v) is 5.58. The van der Waals surface area contributed by atoms with Gasteiger partial charge in [-0.15, -0.1) is 0 Å². The third-order valence-corrected chi connectivity index (χ3v) is 2.11. The van der Waals surface area contributed by atoms with Crippen molar-refractivity contribution >= 4 is 6.16 Å². The van der Waals surface area contributed by atoms with E-state index >= 15 is 0 Å². The van der Waals surface area contributed by atoms with E-state index in [9.17, 15) is 4.79 Å². The van der Waals surface area contributed by atoms with Crippen molar-refractivity contribution in [2.75, 3.05) is 19.7 Å². The molecule has 16 heavy (non-hydrogen) atoms. The number of carbonyl (C=O) groups is 1. The lowest BCUT2D eigenvalue weighted by atomic mass is 10.00. The molecule has 0 saturated carbocycles. The Hall–Kier alpha value is -0.810. The van der Waals surface area contributed by atoms with E-state index in [-0.39, 0.29) is 0 Å². The number of aliphatic hydroxyl groups excluding tert-OH is 1. The second-order valence-corrected chi connectivity index (χ2v) is 4.86. The predicted octanol–water partition coefficient (Wildman–Crippen LogP) is 1.46. The molecule has 0 atom stereocenters. The fourth-order valence-electron chi connectivity index (χ4n) is 1.33. The number of carboxylic acid groups (broad SMARTS) is 1. The van der Waals surface area contributed by atoms with E-state index in [2.05, 4.69) is 10.1 Å². The van der Waals surface area contributed by atoms with Crippen molar-refractivity contribution in [1.82, 2.24) is 5.32 Å². The number of ether oxygens (including phenoxy) is 1. The molecule has 0 radical (unpaired) electrons. The molecular weight excluding hydrogens is 210 g/mol. The molecule has 1 fully saturated rings. The molecule has 0 aromatic carbocycles. The van der Waals surface area contributed by atoms with E-state index in [0.717, 1.165) is 25.9 Å². The van der Waals surface area contributed by atoms with Crippen molar-refractivity contribution in [3.63, 3.8) is 0 Å². The Kier molecular flexibility index (Phi) is 7.08. The third kappa shape index (κ3) is 9.73. The van der Waals surface area contributed by atoms with Crippen molar-refractivity contribution in [3.05, 3.63) is 0 Å². The summed E-state index contributed by atoms with van der Waals surface area (Å²) in [4.78, 5) is 9.79. The summed E-state index contributed by atoms with van der Waals surface area (Å²) in [5.74, 6) is 0.580. The quantitative estimate of drug-likeness (QED) is 0.597. The van der Waals surface area contributed by atoms with Crippen molar-refractivity contribution < 1.29 is 19.7 Å². The first-order chi connectivity index (χ1) is 7.35. The van der Waals surface area contributed by atoms with E-state index in [4.69, 9.17) is 10.2 Å². The van der Waals surface area contributed by atoms with Gasteiger partial charge in [0.05, 0.1) is 0 Å². The Bertz CT molecular complexity index is 195. The lowest BCUT2D eigenvalue weighted by molar-refractivity contribution is 0.0150. The van der Waals surface area contributed by atoms with Crippen molar-refractivity contribution in [2.45, 2.75) is 39.2 Å². The average Bonchev–Trinajstić information content (AvgIpc) is 2.16. The maximum atomic E-state index is 9.79. The Balaban J connectivity index is 0.000000281. The van der Waals surface area contributed by atoms with Crippen LogP contribution in [-0.2, 0) is 4.74 Å². The number of hydrogen-bond donors (Lipinski definition) is 3. The summed E-state index contributed by atoms with van der Waals surface area (Å²) in [6, 6.07) is 0. The Morgan fingerprint density at radius 3 is 2.06 bits per heavy atom. The van der Waals surface area contributed by atoms with Crippen molar-refractivity contribution in [2.24, 2.45) is 5.92 Å². The predicted molar refractivity (Wildman–Crippen MR) is 61.5 cm³/mol. The molecule has 0 bridgehead atoms. The van der Waals surface area contributed by atoms with Gasteiger partial charge in [-0.1, -0.05) is 0 Å². The van der Waals surface area contributed by atoms with Gasteiger partial charge in [-0.05, 0) is 52.6 Å². The second-order valence-electron chi connectivity index (χ2n) is 4.86. The number of hydrogen-bond acceptors (Lipinski definition) is 4. The molecule has 0 amide bonds. The van der Waals surface area contributed by atoms with Gasteiger partial charge in [0, 0.05) is 6.61 Å². The first kappa shape index (κ1) is 15.2. The molecule has 5 heteroatoms. The number of nitrogens with one attached hydrogen (secondary N) is 1. The van der Waals surface area contributed by atoms with E-state index in [1.807, 2.05) is 0 Å². The smallest absolute Gasteiger partial charge is 0.450 e. The summed E-state index contributed by atoms with van der Waals surface area (Å²) in [5, 5.41) is 19.9. The van der Waals surface area contributed by atoms with Gasteiger partial charge in [-0.3, -0.25) is 0 Å². The van der Waals surface area contributed by atoms with E-state index in [1.165, 1.54) is 0 Å². The fourth-order valence-corrected chi connectivity index (χ4v) is 1.33. The van der Waals surface area contributed by atoms with Crippen LogP contribution in [0.2, 0.25) is 0 Å². The van der Waals surface area contributed by atoms with Gasteiger partial charge >= 0.3 is 6.16 Å². The summed E-state index contributed by atoms with van der Waals surface area (Å²) in [6.45, 7) is 7.60. The van der Waals surface area contributed by atoms with Crippen LogP contribution < -0.4 is 5.32 Å². The Morgan fingerprint density at radius 1 is 1.38 bits per heavy atom. The minimum atomic E-state index is -1.22. The Morgan fingerprint density at radius 2 is 1.88 bits per heavy atom. The molecule has 0 unspecified atom stereocenters. The van der Waals surface area contributed by atoms with E-state index in [0.29, 0.717) is 12.5 Å². The largest absolute Gasteiger partial charge is 0.506 e. The van der Waals surface area contributed by atoms with Crippen LogP contribution >= 0.6 is 0 Å². The highest BCUT2D eigenvalue weighted by Gasteiger charge is 2.14. The zero-order chi connectivity index (χ0) is 12.6. The maximum Gasteiger partial charge on any atom is 0.506 e. The first-order valence-electron chi connectivity index (χ1n) is 5.58. The molecule has 1 aliphatic rings. The highest BCUT2D eigenvalue weighted by atomic mass is 16.7. The summed E-state index contributed by atoms with van der Waals surface area (Å²) >= 11 is 0. The van der Waals surface area contributed by atoms with Gasteiger partial charge in [0.15, 0.2) is 0 Å². The fraction of sp³-hybridized carbons (Fsp3) is 0.909. The van der Waals surface area contributed by atoms with E-state index in [1.54, 1.807) is 20.8 Å². The van der Waals surface area contributed by atoms with Gasteiger partial charge in [0.1, 0.15) is 5.60 Å². The lowest BCUT2D eigenvalue weighted by Crippen LogP contribution is -2.29. The summed E-state index contributed by atoms with van der Waals surface area (Å²) in [7, 11) is 0. The number of piperidine rings is 1. The zero-order valence-corrected chi connectivity index (χ0v) is 10.3. The van der Waals surface area contributed by atoms with Gasteiger partial charge in [-0.25, -0.2) is 4.79 Å². The van der Waals surface area contributed by atoms with Crippen molar-refractivity contribution in [1.29, 1.82) is 0 Å². The van der Waals surface area contributed by atoms with Gasteiger partial charge < -0.3 is 20.3 Å². The van der Waals surface area contributed by atoms with Crippen LogP contribution in [0, 0.1) is 5.92 Å². The summed E-state index contributed by atoms with van der Waals surface area (Å²) in [6.07, 6.45) is 1.07. The van der Waals surface area contributed by atoms with Crippen LogP contribution in [-0.4, -0.2) is 41.7 Å². The van der Waals surface area contributed by atoms with Gasteiger partial charge in [-0.2, -0.15) is 0 Å². The molecule has 1 heterocycles. The van der Waals surface area contributed by atoms with Crippen LogP contribution in [0.25, 0.3) is 0 Å². The highest BCUT2D eigenvalue weighted by molar-refractivity contribution is 5.57. The number of rotatable bonds is 1. The van der Waals surface area contributed by atoms with Gasteiger partial charge in [0.25, 0.3) is 0 Å². The van der Waals surface area contributed by atoms with Gasteiger partial charge in [0.2, 0.25) is 0 Å². The van der Waals surface area contributed by atoms with Crippen LogP contribution in [0.3, 0.4) is 0 Å². The second kappa shape index (κ2) is 7.46. The third-order valence-electron chi connectivity index (χ3n) is 2.11. The monoisotopic (exact) mass is 233 g/mol. The summed E-state index contributed by atoms with van der Waals surface area (Å²) in [5.41, 5.74) is -0.578. The molecule has 5 nitrogen and oxygen atoms in total. The molecule has 1 aliphatic heterocycles. The van der Waals surface area contributed by atoms with E-state index < -0.39 is 11.8 Å². The number of aliphatic hydroxyl groups is 1. The normalized spacial score (nSPS) is 17.2. The van der Waals surface area contributed by atoms with Crippen LogP contribution in [0.1, 0.15) is 33.6 Å². The highest BCUT2D eigenvalue weighted by Crippen LogP contribution is 2.08. The molecule has 96 valence electrons. The molecular formula is C11H23NO4. The standard InChI is InChI=1S/C6H13NO.C5H10O3/c8-5-6-1-3-7-4-2-6;1-5(2,3)8-4(6)7/h6-8H,1-5H2;1-3H3,(H,6,7). The molecule has 0 aromatic heterocycles. The Labute approximate surface area is 96.8 Å².